The van der Waals surface area contributed by atoms with Crippen LogP contribution in [0.1, 0.15) is 39.2 Å². The normalized spacial score (nSPS) is 11.1. The number of aryl methyl sites for hydroxylation is 3. The zero-order chi connectivity index (χ0) is 25.2. The van der Waals surface area contributed by atoms with Gasteiger partial charge in [-0.2, -0.15) is 15.5 Å². The lowest BCUT2D eigenvalue weighted by atomic mass is 10.0. The van der Waals surface area contributed by atoms with Crippen molar-refractivity contribution >= 4 is 16.9 Å². The highest BCUT2D eigenvalue weighted by Gasteiger charge is 2.14. The summed E-state index contributed by atoms with van der Waals surface area (Å²) in [6.07, 6.45) is 3.30. The highest BCUT2D eigenvalue weighted by Crippen LogP contribution is 2.22. The van der Waals surface area contributed by atoms with Crippen molar-refractivity contribution in [2.75, 3.05) is 5.32 Å². The minimum atomic E-state index is -0.385. The lowest BCUT2D eigenvalue weighted by molar-refractivity contribution is 0.603. The maximum Gasteiger partial charge on any atom is 0.186 e. The Morgan fingerprint density at radius 3 is 2.42 bits per heavy atom. The smallest absolute Gasteiger partial charge is 0.186 e. The second-order valence-corrected chi connectivity index (χ2v) is 8.88. The Bertz CT molecular complexity index is 1590. The first-order valence-corrected chi connectivity index (χ1v) is 11.6. The van der Waals surface area contributed by atoms with Gasteiger partial charge in [-0.15, -0.1) is 0 Å². The molecule has 0 saturated heterocycles. The van der Waals surface area contributed by atoms with Crippen LogP contribution in [0.3, 0.4) is 0 Å². The first kappa shape index (κ1) is 23.2. The molecule has 0 saturated carbocycles. The van der Waals surface area contributed by atoms with Crippen LogP contribution in [-0.2, 0) is 19.6 Å². The van der Waals surface area contributed by atoms with Crippen LogP contribution in [0.4, 0.5) is 10.2 Å². The van der Waals surface area contributed by atoms with E-state index >= 15 is 0 Å². The molecule has 0 amide bonds. The SMILES string of the molecule is Cc1cc(C)n(Cc2ccc(Cn3cc4c(NCc5c(C#N)ccc(C)c5F)ncnc4n3)cc2)n1. The lowest BCUT2D eigenvalue weighted by Crippen LogP contribution is -2.07. The standard InChI is InChI=1S/C27H25FN8/c1-17-4-9-22(11-29)23(25(17)28)12-30-26-24-15-35(34-27(24)32-16-31-26)13-20-5-7-21(8-6-20)14-36-19(3)10-18(2)33-36/h4-10,15-16H,12-14H2,1-3H3,(H,30,31,32,34). The Balaban J connectivity index is 1.32. The molecule has 5 rings (SSSR count). The van der Waals surface area contributed by atoms with Gasteiger partial charge in [0.15, 0.2) is 5.65 Å². The molecule has 0 fully saturated rings. The lowest BCUT2D eigenvalue weighted by Gasteiger charge is -2.10. The van der Waals surface area contributed by atoms with E-state index in [4.69, 9.17) is 0 Å². The first-order valence-electron chi connectivity index (χ1n) is 11.6. The molecule has 0 aliphatic rings. The third-order valence-corrected chi connectivity index (χ3v) is 6.16. The Morgan fingerprint density at radius 2 is 1.72 bits per heavy atom. The highest BCUT2D eigenvalue weighted by molar-refractivity contribution is 5.85. The number of benzene rings is 2. The van der Waals surface area contributed by atoms with Gasteiger partial charge in [-0.25, -0.2) is 14.4 Å². The number of rotatable bonds is 7. The van der Waals surface area contributed by atoms with Crippen LogP contribution in [0.25, 0.3) is 11.0 Å². The summed E-state index contributed by atoms with van der Waals surface area (Å²) in [6.45, 7) is 7.16. The van der Waals surface area contributed by atoms with E-state index < -0.39 is 0 Å². The molecular formula is C27H25FN8. The molecule has 9 heteroatoms. The molecular weight excluding hydrogens is 455 g/mol. The van der Waals surface area contributed by atoms with Gasteiger partial charge < -0.3 is 5.32 Å². The van der Waals surface area contributed by atoms with Gasteiger partial charge in [0.2, 0.25) is 0 Å². The zero-order valence-corrected chi connectivity index (χ0v) is 20.3. The van der Waals surface area contributed by atoms with Crippen LogP contribution in [0.2, 0.25) is 0 Å². The second-order valence-electron chi connectivity index (χ2n) is 8.88. The van der Waals surface area contributed by atoms with Gasteiger partial charge in [0.25, 0.3) is 0 Å². The zero-order valence-electron chi connectivity index (χ0n) is 20.3. The average Bonchev–Trinajstić information content (AvgIpc) is 3.42. The number of nitrogens with one attached hydrogen (secondary N) is 1. The number of nitriles is 1. The van der Waals surface area contributed by atoms with Gasteiger partial charge in [0.05, 0.1) is 35.8 Å². The molecule has 5 aromatic rings. The minimum absolute atomic E-state index is 0.129. The molecule has 0 spiro atoms. The van der Waals surface area contributed by atoms with Crippen LogP contribution in [0.5, 0.6) is 0 Å². The Morgan fingerprint density at radius 1 is 0.972 bits per heavy atom. The summed E-state index contributed by atoms with van der Waals surface area (Å²) >= 11 is 0. The fourth-order valence-corrected chi connectivity index (χ4v) is 4.24. The van der Waals surface area contributed by atoms with Crippen molar-refractivity contribution < 1.29 is 4.39 Å². The third-order valence-electron chi connectivity index (χ3n) is 6.16. The van der Waals surface area contributed by atoms with E-state index in [1.54, 1.807) is 19.1 Å². The number of halogens is 1. The number of nitrogens with zero attached hydrogens (tertiary/aromatic N) is 7. The van der Waals surface area contributed by atoms with Gasteiger partial charge in [-0.1, -0.05) is 30.3 Å². The molecule has 0 radical (unpaired) electrons. The van der Waals surface area contributed by atoms with Crippen molar-refractivity contribution in [3.8, 4) is 6.07 Å². The molecule has 0 bridgehead atoms. The molecule has 8 nitrogen and oxygen atoms in total. The summed E-state index contributed by atoms with van der Waals surface area (Å²) in [6, 6.07) is 15.7. The van der Waals surface area contributed by atoms with E-state index in [1.807, 2.05) is 22.5 Å². The minimum Gasteiger partial charge on any atom is -0.365 e. The number of fused-ring (bicyclic) bond motifs is 1. The van der Waals surface area contributed by atoms with Gasteiger partial charge in [-0.3, -0.25) is 9.36 Å². The molecule has 0 aliphatic carbocycles. The Labute approximate surface area is 208 Å². The van der Waals surface area contributed by atoms with Crippen LogP contribution in [0, 0.1) is 37.9 Å². The summed E-state index contributed by atoms with van der Waals surface area (Å²) in [5, 5.41) is 22.4. The van der Waals surface area contributed by atoms with Crippen molar-refractivity contribution in [3.63, 3.8) is 0 Å². The fraction of sp³-hybridized carbons (Fsp3) is 0.222. The van der Waals surface area contributed by atoms with E-state index in [1.165, 1.54) is 11.9 Å². The third kappa shape index (κ3) is 4.66. The van der Waals surface area contributed by atoms with E-state index in [9.17, 15) is 9.65 Å². The van der Waals surface area contributed by atoms with Crippen LogP contribution < -0.4 is 5.32 Å². The van der Waals surface area contributed by atoms with Crippen LogP contribution in [0.15, 0.2) is 55.0 Å². The van der Waals surface area contributed by atoms with Crippen LogP contribution in [-0.4, -0.2) is 29.5 Å². The van der Waals surface area contributed by atoms with E-state index in [0.29, 0.717) is 34.7 Å². The summed E-state index contributed by atoms with van der Waals surface area (Å²) in [5.41, 5.74) is 6.08. The predicted molar refractivity (Wildman–Crippen MR) is 135 cm³/mol. The molecule has 2 aromatic carbocycles. The van der Waals surface area contributed by atoms with E-state index in [2.05, 4.69) is 68.8 Å². The summed E-state index contributed by atoms with van der Waals surface area (Å²) in [7, 11) is 0. The van der Waals surface area contributed by atoms with E-state index in [0.717, 1.165) is 28.9 Å². The Kier molecular flexibility index (Phi) is 6.17. The molecule has 0 aliphatic heterocycles. The van der Waals surface area contributed by atoms with E-state index in [-0.39, 0.29) is 12.4 Å². The largest absolute Gasteiger partial charge is 0.365 e. The number of hydrogen-bond donors (Lipinski definition) is 1. The van der Waals surface area contributed by atoms with Crippen molar-refractivity contribution in [3.05, 3.63) is 100 Å². The summed E-state index contributed by atoms with van der Waals surface area (Å²) in [5.74, 6) is 0.153. The van der Waals surface area contributed by atoms with Crippen molar-refractivity contribution in [1.29, 1.82) is 5.26 Å². The molecule has 36 heavy (non-hydrogen) atoms. The molecule has 180 valence electrons. The summed E-state index contributed by atoms with van der Waals surface area (Å²) < 4.78 is 18.5. The van der Waals surface area contributed by atoms with Gasteiger partial charge >= 0.3 is 0 Å². The topological polar surface area (TPSA) is 97.2 Å². The first-order chi connectivity index (χ1) is 17.4. The molecule has 0 unspecified atom stereocenters. The van der Waals surface area contributed by atoms with Gasteiger partial charge in [-0.05, 0) is 49.6 Å². The number of aromatic nitrogens is 6. The van der Waals surface area contributed by atoms with Crippen molar-refractivity contribution in [2.24, 2.45) is 0 Å². The van der Waals surface area contributed by atoms with Crippen molar-refractivity contribution in [1.82, 2.24) is 29.5 Å². The average molecular weight is 481 g/mol. The van der Waals surface area contributed by atoms with Crippen LogP contribution >= 0.6 is 0 Å². The molecule has 3 heterocycles. The second kappa shape index (κ2) is 9.58. The fourth-order valence-electron chi connectivity index (χ4n) is 4.24. The van der Waals surface area contributed by atoms with Gasteiger partial charge in [0, 0.05) is 24.0 Å². The van der Waals surface area contributed by atoms with Gasteiger partial charge in [0.1, 0.15) is 18.0 Å². The summed E-state index contributed by atoms with van der Waals surface area (Å²) in [4.78, 5) is 8.60. The molecule has 0 atom stereocenters. The Hall–Kier alpha value is -4.58. The number of anilines is 1. The highest BCUT2D eigenvalue weighted by atomic mass is 19.1. The monoisotopic (exact) mass is 480 g/mol. The quantitative estimate of drug-likeness (QED) is 0.364. The molecule has 1 N–H and O–H groups in total. The predicted octanol–water partition coefficient (Wildman–Crippen LogP) is 4.67. The maximum absolute atomic E-state index is 14.6. The maximum atomic E-state index is 14.6. The van der Waals surface area contributed by atoms with Crippen molar-refractivity contribution in [2.45, 2.75) is 40.4 Å². The number of hydrogen-bond acceptors (Lipinski definition) is 6. The molecule has 3 aromatic heterocycles.